The third-order valence-corrected chi connectivity index (χ3v) is 3.50. The van der Waals surface area contributed by atoms with Gasteiger partial charge in [-0.1, -0.05) is 23.2 Å². The second-order valence-electron chi connectivity index (χ2n) is 4.39. The van der Waals surface area contributed by atoms with Crippen LogP contribution < -0.4 is 5.73 Å². The number of rotatable bonds is 2. The predicted octanol–water partition coefficient (Wildman–Crippen LogP) is 2.80. The molecule has 1 fully saturated rings. The molecule has 5 heteroatoms. The molecule has 94 valence electrons. The van der Waals surface area contributed by atoms with Gasteiger partial charge in [-0.05, 0) is 24.6 Å². The van der Waals surface area contributed by atoms with Crippen LogP contribution in [0.5, 0.6) is 0 Å². The summed E-state index contributed by atoms with van der Waals surface area (Å²) in [7, 11) is 0. The van der Waals surface area contributed by atoms with Crippen molar-refractivity contribution in [1.82, 2.24) is 4.90 Å². The van der Waals surface area contributed by atoms with Gasteiger partial charge in [-0.2, -0.15) is 0 Å². The van der Waals surface area contributed by atoms with Gasteiger partial charge in [0, 0.05) is 19.6 Å². The van der Waals surface area contributed by atoms with E-state index >= 15 is 0 Å². The zero-order chi connectivity index (χ0) is 12.4. The highest BCUT2D eigenvalue weighted by molar-refractivity contribution is 6.38. The Kier molecular flexibility index (Phi) is 4.15. The molecule has 1 atom stereocenters. The third kappa shape index (κ3) is 3.26. The van der Waals surface area contributed by atoms with Crippen LogP contribution in [-0.4, -0.2) is 30.7 Å². The predicted molar refractivity (Wildman–Crippen MR) is 71.6 cm³/mol. The van der Waals surface area contributed by atoms with Crippen molar-refractivity contribution in [2.24, 2.45) is 0 Å². The van der Waals surface area contributed by atoms with Crippen molar-refractivity contribution in [2.75, 3.05) is 25.4 Å². The summed E-state index contributed by atoms with van der Waals surface area (Å²) >= 11 is 12.0. The molecule has 1 saturated heterocycles. The highest BCUT2D eigenvalue weighted by atomic mass is 35.5. The van der Waals surface area contributed by atoms with Gasteiger partial charge in [0.2, 0.25) is 0 Å². The largest absolute Gasteiger partial charge is 0.396 e. The van der Waals surface area contributed by atoms with Crippen LogP contribution in [0, 0.1) is 0 Å². The summed E-state index contributed by atoms with van der Waals surface area (Å²) < 4.78 is 5.50. The van der Waals surface area contributed by atoms with Crippen molar-refractivity contribution in [3.05, 3.63) is 27.7 Å². The van der Waals surface area contributed by atoms with Crippen molar-refractivity contribution in [2.45, 2.75) is 19.6 Å². The third-order valence-electron chi connectivity index (χ3n) is 2.87. The lowest BCUT2D eigenvalue weighted by Gasteiger charge is -2.31. The van der Waals surface area contributed by atoms with Crippen LogP contribution in [0.4, 0.5) is 5.69 Å². The minimum absolute atomic E-state index is 0.281. The molecule has 2 rings (SSSR count). The van der Waals surface area contributed by atoms with Gasteiger partial charge >= 0.3 is 0 Å². The molecule has 0 aromatic heterocycles. The fraction of sp³-hybridized carbons (Fsp3) is 0.500. The van der Waals surface area contributed by atoms with E-state index in [2.05, 4.69) is 11.8 Å². The average Bonchev–Trinajstić information content (AvgIpc) is 2.26. The Hall–Kier alpha value is -0.480. The zero-order valence-corrected chi connectivity index (χ0v) is 11.3. The highest BCUT2D eigenvalue weighted by Crippen LogP contribution is 2.29. The smallest absolute Gasteiger partial charge is 0.0693 e. The van der Waals surface area contributed by atoms with Crippen molar-refractivity contribution >= 4 is 28.9 Å². The number of ether oxygens (including phenoxy) is 1. The van der Waals surface area contributed by atoms with Crippen LogP contribution in [0.1, 0.15) is 12.5 Å². The minimum atomic E-state index is 0.281. The van der Waals surface area contributed by atoms with Gasteiger partial charge in [0.15, 0.2) is 0 Å². The van der Waals surface area contributed by atoms with Gasteiger partial charge in [-0.3, -0.25) is 4.90 Å². The molecule has 1 aromatic carbocycles. The number of hydrogen-bond acceptors (Lipinski definition) is 3. The normalized spacial score (nSPS) is 21.7. The lowest BCUT2D eigenvalue weighted by Crippen LogP contribution is -2.40. The summed E-state index contributed by atoms with van der Waals surface area (Å²) in [4.78, 5) is 2.33. The molecule has 0 aliphatic carbocycles. The van der Waals surface area contributed by atoms with E-state index in [1.165, 1.54) is 0 Å². The highest BCUT2D eigenvalue weighted by Gasteiger charge is 2.17. The monoisotopic (exact) mass is 274 g/mol. The summed E-state index contributed by atoms with van der Waals surface area (Å²) in [6.45, 7) is 5.55. The molecular weight excluding hydrogens is 259 g/mol. The van der Waals surface area contributed by atoms with Crippen LogP contribution in [0.25, 0.3) is 0 Å². The first kappa shape index (κ1) is 13.0. The second kappa shape index (κ2) is 5.44. The summed E-state index contributed by atoms with van der Waals surface area (Å²) in [5.41, 5.74) is 7.25. The molecule has 1 aliphatic heterocycles. The van der Waals surface area contributed by atoms with E-state index < -0.39 is 0 Å². The zero-order valence-electron chi connectivity index (χ0n) is 9.75. The number of morpholine rings is 1. The second-order valence-corrected chi connectivity index (χ2v) is 5.20. The summed E-state index contributed by atoms with van der Waals surface area (Å²) in [6, 6.07) is 3.76. The summed E-state index contributed by atoms with van der Waals surface area (Å²) in [5, 5.41) is 1.04. The molecule has 17 heavy (non-hydrogen) atoms. The molecule has 1 unspecified atom stereocenters. The molecule has 0 radical (unpaired) electrons. The first-order valence-electron chi connectivity index (χ1n) is 5.63. The van der Waals surface area contributed by atoms with Gasteiger partial charge < -0.3 is 10.5 Å². The van der Waals surface area contributed by atoms with Gasteiger partial charge in [0.1, 0.15) is 0 Å². The number of halogens is 2. The van der Waals surface area contributed by atoms with E-state index in [1.807, 2.05) is 12.1 Å². The van der Waals surface area contributed by atoms with Crippen LogP contribution in [-0.2, 0) is 11.3 Å². The van der Waals surface area contributed by atoms with Crippen molar-refractivity contribution in [3.63, 3.8) is 0 Å². The molecule has 0 saturated carbocycles. The minimum Gasteiger partial charge on any atom is -0.396 e. The van der Waals surface area contributed by atoms with Crippen molar-refractivity contribution in [3.8, 4) is 0 Å². The number of benzene rings is 1. The molecule has 1 heterocycles. The molecule has 1 aliphatic rings. The lowest BCUT2D eigenvalue weighted by atomic mass is 10.1. The summed E-state index contributed by atoms with van der Waals surface area (Å²) in [6.07, 6.45) is 0.281. The SMILES string of the molecule is CC1CN(Cc2cc(Cl)c(N)c(Cl)c2)CCO1. The Morgan fingerprint density at radius 3 is 2.65 bits per heavy atom. The number of nitrogens with zero attached hydrogens (tertiary/aromatic N) is 1. The van der Waals surface area contributed by atoms with E-state index in [0.29, 0.717) is 15.7 Å². The maximum atomic E-state index is 6.01. The van der Waals surface area contributed by atoms with Crippen molar-refractivity contribution < 1.29 is 4.74 Å². The van der Waals surface area contributed by atoms with E-state index in [9.17, 15) is 0 Å². The molecule has 0 bridgehead atoms. The lowest BCUT2D eigenvalue weighted by molar-refractivity contribution is -0.0212. The molecule has 1 aromatic rings. The average molecular weight is 275 g/mol. The molecule has 2 N–H and O–H groups in total. The Balaban J connectivity index is 2.08. The Labute approximate surface area is 111 Å². The summed E-state index contributed by atoms with van der Waals surface area (Å²) in [5.74, 6) is 0. The quantitative estimate of drug-likeness (QED) is 0.843. The molecule has 0 amide bonds. The Morgan fingerprint density at radius 1 is 1.41 bits per heavy atom. The van der Waals surface area contributed by atoms with Crippen LogP contribution >= 0.6 is 23.2 Å². The van der Waals surface area contributed by atoms with Crippen LogP contribution in [0.2, 0.25) is 10.0 Å². The fourth-order valence-corrected chi connectivity index (χ4v) is 2.55. The van der Waals surface area contributed by atoms with Crippen LogP contribution in [0.3, 0.4) is 0 Å². The number of nitrogen functional groups attached to an aromatic ring is 1. The first-order chi connectivity index (χ1) is 8.06. The molecule has 3 nitrogen and oxygen atoms in total. The molecule has 0 spiro atoms. The fourth-order valence-electron chi connectivity index (χ4n) is 2.02. The molecular formula is C12H16Cl2N2O. The Morgan fingerprint density at radius 2 is 2.06 bits per heavy atom. The topological polar surface area (TPSA) is 38.5 Å². The maximum absolute atomic E-state index is 6.01. The van der Waals surface area contributed by atoms with Crippen molar-refractivity contribution in [1.29, 1.82) is 0 Å². The maximum Gasteiger partial charge on any atom is 0.0693 e. The standard InChI is InChI=1S/C12H16Cl2N2O/c1-8-6-16(2-3-17-8)7-9-4-10(13)12(15)11(14)5-9/h4-5,8H,2-3,6-7,15H2,1H3. The van der Waals surface area contributed by atoms with E-state index in [-0.39, 0.29) is 6.10 Å². The van der Waals surface area contributed by atoms with E-state index in [4.69, 9.17) is 33.7 Å². The van der Waals surface area contributed by atoms with Crippen LogP contribution in [0.15, 0.2) is 12.1 Å². The van der Waals surface area contributed by atoms with Gasteiger partial charge in [-0.25, -0.2) is 0 Å². The van der Waals surface area contributed by atoms with E-state index in [1.54, 1.807) is 0 Å². The van der Waals surface area contributed by atoms with Gasteiger partial charge in [0.25, 0.3) is 0 Å². The Bertz CT molecular complexity index is 388. The number of anilines is 1. The first-order valence-corrected chi connectivity index (χ1v) is 6.39. The van der Waals surface area contributed by atoms with Gasteiger partial charge in [0.05, 0.1) is 28.4 Å². The number of hydrogen-bond donors (Lipinski definition) is 1. The number of nitrogens with two attached hydrogens (primary N) is 1. The van der Waals surface area contributed by atoms with E-state index in [0.717, 1.165) is 31.8 Å². The van der Waals surface area contributed by atoms with Gasteiger partial charge in [-0.15, -0.1) is 0 Å².